The number of rotatable bonds is 11. The molecule has 34 heavy (non-hydrogen) atoms. The molecule has 5 nitrogen and oxygen atoms in total. The van der Waals surface area contributed by atoms with Gasteiger partial charge in [0.25, 0.3) is 0 Å². The summed E-state index contributed by atoms with van der Waals surface area (Å²) in [6.45, 7) is 5.93. The second-order valence-electron chi connectivity index (χ2n) is 9.54. The van der Waals surface area contributed by atoms with Crippen LogP contribution in [0.4, 0.5) is 0 Å². The number of esters is 1. The summed E-state index contributed by atoms with van der Waals surface area (Å²) in [5, 5.41) is 0.738. The molecule has 0 radical (unpaired) electrons. The van der Waals surface area contributed by atoms with Gasteiger partial charge in [0.15, 0.2) is 11.5 Å². The first-order valence-corrected chi connectivity index (χ1v) is 12.6. The number of methoxy groups -OCH3 is 2. The van der Waals surface area contributed by atoms with Gasteiger partial charge in [0.2, 0.25) is 0 Å². The van der Waals surface area contributed by atoms with Gasteiger partial charge in [-0.25, -0.2) is 0 Å². The summed E-state index contributed by atoms with van der Waals surface area (Å²) >= 11 is 6.16. The molecule has 0 heterocycles. The summed E-state index contributed by atoms with van der Waals surface area (Å²) in [5.41, 5.74) is 3.51. The van der Waals surface area contributed by atoms with Gasteiger partial charge in [-0.1, -0.05) is 37.6 Å². The maximum absolute atomic E-state index is 13.2. The molecule has 0 saturated carbocycles. The fourth-order valence-corrected chi connectivity index (χ4v) is 4.83. The van der Waals surface area contributed by atoms with Crippen molar-refractivity contribution in [3.8, 4) is 11.5 Å². The van der Waals surface area contributed by atoms with Crippen LogP contribution in [0.3, 0.4) is 0 Å². The van der Waals surface area contributed by atoms with Crippen LogP contribution in [0.15, 0.2) is 36.4 Å². The minimum absolute atomic E-state index is 0.0870. The van der Waals surface area contributed by atoms with Crippen molar-refractivity contribution in [3.63, 3.8) is 0 Å². The highest BCUT2D eigenvalue weighted by Crippen LogP contribution is 2.35. The first-order valence-electron chi connectivity index (χ1n) is 12.2. The maximum atomic E-state index is 13.2. The van der Waals surface area contributed by atoms with E-state index >= 15 is 0 Å². The van der Waals surface area contributed by atoms with Crippen LogP contribution in [0.1, 0.15) is 55.9 Å². The Bertz CT molecular complexity index is 961. The molecule has 0 bridgehead atoms. The van der Waals surface area contributed by atoms with E-state index in [9.17, 15) is 4.79 Å². The van der Waals surface area contributed by atoms with E-state index in [0.29, 0.717) is 0 Å². The molecular formula is C28H38ClNO4. The van der Waals surface area contributed by atoms with Gasteiger partial charge in [-0.3, -0.25) is 4.79 Å². The van der Waals surface area contributed by atoms with Crippen molar-refractivity contribution in [2.45, 2.75) is 52.1 Å². The van der Waals surface area contributed by atoms with Crippen LogP contribution in [-0.4, -0.2) is 45.2 Å². The molecular weight excluding hydrogens is 450 g/mol. The van der Waals surface area contributed by atoms with Crippen molar-refractivity contribution in [2.24, 2.45) is 11.8 Å². The predicted octanol–water partition coefficient (Wildman–Crippen LogP) is 6.11. The quantitative estimate of drug-likeness (QED) is 0.357. The van der Waals surface area contributed by atoms with Crippen LogP contribution in [0.25, 0.3) is 0 Å². The van der Waals surface area contributed by atoms with Crippen LogP contribution >= 0.6 is 11.6 Å². The third kappa shape index (κ3) is 6.89. The van der Waals surface area contributed by atoms with Gasteiger partial charge in [0.05, 0.1) is 20.1 Å². The summed E-state index contributed by atoms with van der Waals surface area (Å²) in [6, 6.07) is 11.9. The normalized spacial score (nSPS) is 16.3. The molecule has 186 valence electrons. The topological polar surface area (TPSA) is 48.0 Å². The Morgan fingerprint density at radius 3 is 2.56 bits per heavy atom. The third-order valence-corrected chi connectivity index (χ3v) is 7.02. The van der Waals surface area contributed by atoms with E-state index < -0.39 is 0 Å². The van der Waals surface area contributed by atoms with Crippen LogP contribution < -0.4 is 9.47 Å². The van der Waals surface area contributed by atoms with Crippen molar-refractivity contribution in [2.75, 3.05) is 34.4 Å². The number of aryl methyl sites for hydroxylation is 1. The summed E-state index contributed by atoms with van der Waals surface area (Å²) in [4.78, 5) is 15.4. The summed E-state index contributed by atoms with van der Waals surface area (Å²) < 4.78 is 16.8. The second-order valence-corrected chi connectivity index (χ2v) is 9.98. The lowest BCUT2D eigenvalue weighted by molar-refractivity contribution is -0.157. The van der Waals surface area contributed by atoms with Crippen molar-refractivity contribution in [1.29, 1.82) is 0 Å². The molecule has 2 atom stereocenters. The largest absolute Gasteiger partial charge is 0.493 e. The van der Waals surface area contributed by atoms with E-state index in [1.165, 1.54) is 11.1 Å². The molecule has 1 aliphatic carbocycles. The smallest absolute Gasteiger partial charge is 0.309 e. The molecule has 2 aromatic carbocycles. The number of halogens is 1. The van der Waals surface area contributed by atoms with Gasteiger partial charge >= 0.3 is 5.97 Å². The van der Waals surface area contributed by atoms with Crippen molar-refractivity contribution < 1.29 is 19.0 Å². The Kier molecular flexibility index (Phi) is 9.66. The first-order chi connectivity index (χ1) is 16.3. The summed E-state index contributed by atoms with van der Waals surface area (Å²) in [6.07, 6.45) is 4.38. The number of nitrogens with zero attached hydrogens (tertiary/aromatic N) is 1. The number of benzene rings is 2. The summed E-state index contributed by atoms with van der Waals surface area (Å²) in [7, 11) is 5.40. The van der Waals surface area contributed by atoms with Crippen LogP contribution in [0, 0.1) is 11.8 Å². The fraction of sp³-hybridized carbons (Fsp3) is 0.536. The number of hydrogen-bond donors (Lipinski definition) is 0. The first kappa shape index (κ1) is 26.4. The summed E-state index contributed by atoms with van der Waals surface area (Å²) in [5.74, 6) is 1.50. The molecule has 0 aromatic heterocycles. The van der Waals surface area contributed by atoms with Crippen molar-refractivity contribution >= 4 is 17.6 Å². The molecule has 0 unspecified atom stereocenters. The highest BCUT2D eigenvalue weighted by Gasteiger charge is 2.29. The van der Waals surface area contributed by atoms with Gasteiger partial charge in [-0.2, -0.15) is 0 Å². The molecule has 3 rings (SSSR count). The number of fused-ring (bicyclic) bond motifs is 1. The minimum atomic E-state index is -0.169. The molecule has 1 aliphatic rings. The number of carbonyl (C=O) groups excluding carboxylic acids is 1. The second kappa shape index (κ2) is 12.5. The van der Waals surface area contributed by atoms with Crippen LogP contribution in [-0.2, 0) is 22.4 Å². The maximum Gasteiger partial charge on any atom is 0.309 e. The van der Waals surface area contributed by atoms with E-state index in [1.54, 1.807) is 14.2 Å². The average molecular weight is 488 g/mol. The fourth-order valence-electron chi connectivity index (χ4n) is 4.64. The number of likely N-dealkylation sites (N-methyl/N-ethyl adjacent to an activating group) is 1. The zero-order chi connectivity index (χ0) is 24.7. The minimum Gasteiger partial charge on any atom is -0.493 e. The monoisotopic (exact) mass is 487 g/mol. The third-order valence-electron chi connectivity index (χ3n) is 6.78. The molecule has 2 aromatic rings. The Morgan fingerprint density at radius 2 is 1.85 bits per heavy atom. The number of ether oxygens (including phenoxy) is 3. The highest BCUT2D eigenvalue weighted by molar-refractivity contribution is 6.30. The molecule has 0 aliphatic heterocycles. The van der Waals surface area contributed by atoms with Gasteiger partial charge in [-0.05, 0) is 92.6 Å². The molecule has 0 amide bonds. The van der Waals surface area contributed by atoms with E-state index in [-0.39, 0.29) is 23.9 Å². The van der Waals surface area contributed by atoms with Gasteiger partial charge in [0.1, 0.15) is 6.10 Å². The molecule has 0 saturated heterocycles. The predicted molar refractivity (Wildman–Crippen MR) is 137 cm³/mol. The Morgan fingerprint density at radius 1 is 1.09 bits per heavy atom. The lowest BCUT2D eigenvalue weighted by atomic mass is 9.88. The molecule has 0 spiro atoms. The van der Waals surface area contributed by atoms with E-state index in [0.717, 1.165) is 67.3 Å². The zero-order valence-electron chi connectivity index (χ0n) is 21.1. The van der Waals surface area contributed by atoms with Crippen molar-refractivity contribution in [1.82, 2.24) is 4.90 Å². The van der Waals surface area contributed by atoms with E-state index in [1.807, 2.05) is 30.3 Å². The zero-order valence-corrected chi connectivity index (χ0v) is 21.9. The van der Waals surface area contributed by atoms with Gasteiger partial charge in [-0.15, -0.1) is 0 Å². The Labute approximate surface area is 209 Å². The number of carbonyl (C=O) groups is 1. The molecule has 6 heteroatoms. The highest BCUT2D eigenvalue weighted by atomic mass is 35.5. The van der Waals surface area contributed by atoms with E-state index in [2.05, 4.69) is 31.9 Å². The van der Waals surface area contributed by atoms with Crippen molar-refractivity contribution in [3.05, 3.63) is 58.1 Å². The van der Waals surface area contributed by atoms with Crippen LogP contribution in [0.2, 0.25) is 5.02 Å². The lowest BCUT2D eigenvalue weighted by Gasteiger charge is -2.29. The average Bonchev–Trinajstić information content (AvgIpc) is 2.82. The standard InChI is InChI=1S/C28H38ClNO4/c1-19(2)23(28(31)34-25-8-6-7-21-18-22(29)10-11-24(21)25)14-16-30(3)15-13-20-9-12-26(32-4)27(17-20)33-5/h9-12,17-19,23,25H,6-8,13-16H2,1-5H3/t23-,25-/m1/s1. The number of hydrogen-bond acceptors (Lipinski definition) is 5. The van der Waals surface area contributed by atoms with Gasteiger partial charge in [0, 0.05) is 11.6 Å². The van der Waals surface area contributed by atoms with E-state index in [4.69, 9.17) is 25.8 Å². The SMILES string of the molecule is COc1ccc(CCN(C)CC[C@@H](C(=O)O[C@@H]2CCCc3cc(Cl)ccc32)C(C)C)cc1OC. The Balaban J connectivity index is 1.53. The molecule has 0 fully saturated rings. The van der Waals surface area contributed by atoms with Gasteiger partial charge < -0.3 is 19.1 Å². The lowest BCUT2D eigenvalue weighted by Crippen LogP contribution is -2.31. The molecule has 0 N–H and O–H groups in total. The Hall–Kier alpha value is -2.24. The van der Waals surface area contributed by atoms with Crippen LogP contribution in [0.5, 0.6) is 11.5 Å².